The van der Waals surface area contributed by atoms with Crippen molar-refractivity contribution in [2.45, 2.75) is 52.4 Å². The normalized spacial score (nSPS) is 11.8. The van der Waals surface area contributed by atoms with Crippen LogP contribution in [0, 0.1) is 0 Å². The van der Waals surface area contributed by atoms with Gasteiger partial charge >= 0.3 is 0 Å². The highest BCUT2D eigenvalue weighted by molar-refractivity contribution is 5.85. The van der Waals surface area contributed by atoms with Crippen LogP contribution in [0.25, 0.3) is 44.8 Å². The number of hydrogen-bond donors (Lipinski definition) is 0. The molecule has 0 spiro atoms. The SMILES string of the molecule is CC(C)(C)c1ccnc(-c2cc(Oc3ccc(-c4ccccc4)c(-c4cc(C(C)(C)C)ccn4)c3)ccc2-c2ccccc2)c1. The fourth-order valence-electron chi connectivity index (χ4n) is 5.56. The highest BCUT2D eigenvalue weighted by Gasteiger charge is 2.19. The zero-order valence-electron chi connectivity index (χ0n) is 27.0. The molecule has 0 atom stereocenters. The molecule has 2 heterocycles. The number of pyridine rings is 2. The number of nitrogens with zero attached hydrogens (tertiary/aromatic N) is 2. The molecule has 3 heteroatoms. The zero-order chi connectivity index (χ0) is 31.6. The molecule has 2 aromatic heterocycles. The molecule has 0 saturated heterocycles. The summed E-state index contributed by atoms with van der Waals surface area (Å²) in [5, 5.41) is 0. The lowest BCUT2D eigenvalue weighted by Gasteiger charge is -2.21. The first-order valence-corrected chi connectivity index (χ1v) is 15.6. The van der Waals surface area contributed by atoms with Crippen molar-refractivity contribution in [2.24, 2.45) is 0 Å². The Morgan fingerprint density at radius 3 is 1.20 bits per heavy atom. The molecule has 0 aliphatic heterocycles. The lowest BCUT2D eigenvalue weighted by Crippen LogP contribution is -2.11. The molecule has 0 saturated carbocycles. The van der Waals surface area contributed by atoms with E-state index in [4.69, 9.17) is 14.7 Å². The van der Waals surface area contributed by atoms with E-state index in [9.17, 15) is 0 Å². The highest BCUT2D eigenvalue weighted by Crippen LogP contribution is 2.40. The van der Waals surface area contributed by atoms with E-state index < -0.39 is 0 Å². The quantitative estimate of drug-likeness (QED) is 0.194. The second-order valence-corrected chi connectivity index (χ2v) is 13.6. The lowest BCUT2D eigenvalue weighted by molar-refractivity contribution is 0.483. The van der Waals surface area contributed by atoms with Crippen molar-refractivity contribution in [2.75, 3.05) is 0 Å². The smallest absolute Gasteiger partial charge is 0.128 e. The number of benzene rings is 4. The molecule has 6 rings (SSSR count). The molecule has 0 amide bonds. The van der Waals surface area contributed by atoms with Crippen LogP contribution in [-0.4, -0.2) is 9.97 Å². The summed E-state index contributed by atoms with van der Waals surface area (Å²) in [5.41, 5.74) is 10.9. The van der Waals surface area contributed by atoms with E-state index in [1.54, 1.807) is 0 Å². The van der Waals surface area contributed by atoms with Gasteiger partial charge in [-0.15, -0.1) is 0 Å². The summed E-state index contributed by atoms with van der Waals surface area (Å²) in [5.74, 6) is 1.50. The molecule has 45 heavy (non-hydrogen) atoms. The van der Waals surface area contributed by atoms with Gasteiger partial charge < -0.3 is 4.74 Å². The van der Waals surface area contributed by atoms with Gasteiger partial charge in [-0.05, 0) is 105 Å². The van der Waals surface area contributed by atoms with Gasteiger partial charge in [0.25, 0.3) is 0 Å². The Bertz CT molecular complexity index is 1790. The average molecular weight is 589 g/mol. The van der Waals surface area contributed by atoms with E-state index in [1.165, 1.54) is 11.1 Å². The minimum absolute atomic E-state index is 0.00788. The maximum atomic E-state index is 6.62. The third kappa shape index (κ3) is 6.73. The maximum absolute atomic E-state index is 6.62. The second kappa shape index (κ2) is 12.2. The number of ether oxygens (including phenoxy) is 1. The first-order valence-electron chi connectivity index (χ1n) is 15.6. The van der Waals surface area contributed by atoms with E-state index >= 15 is 0 Å². The van der Waals surface area contributed by atoms with Crippen molar-refractivity contribution < 1.29 is 4.74 Å². The Kier molecular flexibility index (Phi) is 8.12. The molecule has 0 fully saturated rings. The third-order valence-electron chi connectivity index (χ3n) is 8.19. The molecule has 4 aromatic carbocycles. The molecule has 224 valence electrons. The Hall–Kier alpha value is -5.02. The van der Waals surface area contributed by atoms with Gasteiger partial charge in [0, 0.05) is 23.5 Å². The summed E-state index contributed by atoms with van der Waals surface area (Å²) in [6, 6.07) is 42.1. The number of rotatable bonds is 6. The van der Waals surface area contributed by atoms with Gasteiger partial charge in [0.05, 0.1) is 11.4 Å². The van der Waals surface area contributed by atoms with E-state index in [1.807, 2.05) is 36.7 Å². The summed E-state index contributed by atoms with van der Waals surface area (Å²) in [7, 11) is 0. The van der Waals surface area contributed by atoms with E-state index in [-0.39, 0.29) is 10.8 Å². The van der Waals surface area contributed by atoms with E-state index in [0.717, 1.165) is 56.3 Å². The van der Waals surface area contributed by atoms with Crippen molar-refractivity contribution in [3.8, 4) is 56.3 Å². The third-order valence-corrected chi connectivity index (χ3v) is 8.19. The van der Waals surface area contributed by atoms with Crippen molar-refractivity contribution in [1.29, 1.82) is 0 Å². The second-order valence-electron chi connectivity index (χ2n) is 13.6. The van der Waals surface area contributed by atoms with Gasteiger partial charge in [-0.2, -0.15) is 0 Å². The average Bonchev–Trinajstić information content (AvgIpc) is 3.05. The summed E-state index contributed by atoms with van der Waals surface area (Å²) >= 11 is 0. The van der Waals surface area contributed by atoms with Crippen molar-refractivity contribution in [3.05, 3.63) is 145 Å². The molecule has 0 aliphatic carbocycles. The van der Waals surface area contributed by atoms with Crippen molar-refractivity contribution in [3.63, 3.8) is 0 Å². The molecule has 6 aromatic rings. The Labute approximate surface area is 267 Å². The molecule has 0 radical (unpaired) electrons. The Morgan fingerprint density at radius 2 is 0.822 bits per heavy atom. The van der Waals surface area contributed by atoms with Crippen LogP contribution in [0.15, 0.2) is 134 Å². The van der Waals surface area contributed by atoms with Crippen LogP contribution in [0.3, 0.4) is 0 Å². The molecular formula is C42H40N2O. The predicted molar refractivity (Wildman–Crippen MR) is 188 cm³/mol. The van der Waals surface area contributed by atoms with Crippen molar-refractivity contribution >= 4 is 0 Å². The van der Waals surface area contributed by atoms with E-state index in [2.05, 4.69) is 139 Å². The van der Waals surface area contributed by atoms with Crippen LogP contribution in [0.1, 0.15) is 52.7 Å². The van der Waals surface area contributed by atoms with Crippen LogP contribution in [0.5, 0.6) is 11.5 Å². The van der Waals surface area contributed by atoms with Crippen LogP contribution >= 0.6 is 0 Å². The van der Waals surface area contributed by atoms with Gasteiger partial charge in [0.1, 0.15) is 11.5 Å². The molecular weight excluding hydrogens is 548 g/mol. The lowest BCUT2D eigenvalue weighted by atomic mass is 9.86. The summed E-state index contributed by atoms with van der Waals surface area (Å²) in [4.78, 5) is 9.64. The fourth-order valence-corrected chi connectivity index (χ4v) is 5.56. The predicted octanol–water partition coefficient (Wildman–Crippen LogP) is 11.5. The topological polar surface area (TPSA) is 35.0 Å². The summed E-state index contributed by atoms with van der Waals surface area (Å²) < 4.78 is 6.62. The van der Waals surface area contributed by atoms with E-state index in [0.29, 0.717) is 0 Å². The van der Waals surface area contributed by atoms with Crippen LogP contribution in [0.4, 0.5) is 0 Å². The largest absolute Gasteiger partial charge is 0.457 e. The molecule has 0 unspecified atom stereocenters. The molecule has 0 N–H and O–H groups in total. The van der Waals surface area contributed by atoms with Crippen LogP contribution in [0.2, 0.25) is 0 Å². The number of aromatic nitrogens is 2. The van der Waals surface area contributed by atoms with Gasteiger partial charge in [-0.3, -0.25) is 9.97 Å². The van der Waals surface area contributed by atoms with Crippen LogP contribution < -0.4 is 4.74 Å². The van der Waals surface area contributed by atoms with Gasteiger partial charge in [-0.25, -0.2) is 0 Å². The maximum Gasteiger partial charge on any atom is 0.128 e. The first-order chi connectivity index (χ1) is 21.6. The Morgan fingerprint density at radius 1 is 0.422 bits per heavy atom. The first kappa shape index (κ1) is 30.0. The van der Waals surface area contributed by atoms with Crippen molar-refractivity contribution in [1.82, 2.24) is 9.97 Å². The highest BCUT2D eigenvalue weighted by atomic mass is 16.5. The Balaban J connectivity index is 1.45. The zero-order valence-corrected chi connectivity index (χ0v) is 27.0. The minimum Gasteiger partial charge on any atom is -0.457 e. The van der Waals surface area contributed by atoms with Gasteiger partial charge in [0.2, 0.25) is 0 Å². The number of hydrogen-bond acceptors (Lipinski definition) is 3. The molecule has 0 bridgehead atoms. The fraction of sp³-hybridized carbons (Fsp3) is 0.190. The molecule has 0 aliphatic rings. The standard InChI is InChI=1S/C42H40N2O/c1-41(2,3)31-21-23-43-39(25-31)37-27-33(17-19-35(37)29-13-9-7-10-14-29)45-34-18-20-36(30-15-11-8-12-16-30)38(28-34)40-26-32(22-24-44-40)42(4,5)6/h7-28H,1-6H3. The monoisotopic (exact) mass is 588 g/mol. The summed E-state index contributed by atoms with van der Waals surface area (Å²) in [6.45, 7) is 13.4. The van der Waals surface area contributed by atoms with Gasteiger partial charge in [-0.1, -0.05) is 102 Å². The van der Waals surface area contributed by atoms with Gasteiger partial charge in [0.15, 0.2) is 0 Å². The summed E-state index contributed by atoms with van der Waals surface area (Å²) in [6.07, 6.45) is 3.82. The minimum atomic E-state index is 0.00788. The molecule has 3 nitrogen and oxygen atoms in total. The van der Waals surface area contributed by atoms with Crippen LogP contribution in [-0.2, 0) is 10.8 Å².